The molecule has 0 radical (unpaired) electrons. The molecular weight excluding hydrogens is 455 g/mol. The van der Waals surface area contributed by atoms with Gasteiger partial charge in [0.2, 0.25) is 5.88 Å². The van der Waals surface area contributed by atoms with Crippen LogP contribution in [0.3, 0.4) is 0 Å². The molecule has 0 saturated carbocycles. The van der Waals surface area contributed by atoms with Crippen molar-refractivity contribution >= 4 is 23.1 Å². The zero-order valence-corrected chi connectivity index (χ0v) is 16.1. The summed E-state index contributed by atoms with van der Waals surface area (Å²) in [5.74, 6) is -3.13. The van der Waals surface area contributed by atoms with E-state index in [0.717, 1.165) is 24.5 Å². The summed E-state index contributed by atoms with van der Waals surface area (Å²) in [6.45, 7) is 1.52. The molecule has 2 aromatic carbocycles. The van der Waals surface area contributed by atoms with Crippen molar-refractivity contribution in [2.75, 3.05) is 4.90 Å². The van der Waals surface area contributed by atoms with E-state index >= 15 is 0 Å². The third-order valence-corrected chi connectivity index (χ3v) is 4.40. The van der Waals surface area contributed by atoms with Crippen molar-refractivity contribution in [1.82, 2.24) is 9.97 Å². The highest BCUT2D eigenvalue weighted by Gasteiger charge is 2.40. The molecule has 0 aliphatic rings. The van der Waals surface area contributed by atoms with Crippen LogP contribution in [0.1, 0.15) is 11.1 Å². The molecular formula is C19H11ClF7N3O. The monoisotopic (exact) mass is 465 g/mol. The Morgan fingerprint density at radius 2 is 1.65 bits per heavy atom. The summed E-state index contributed by atoms with van der Waals surface area (Å²) in [6.07, 6.45) is -9.15. The van der Waals surface area contributed by atoms with Crippen molar-refractivity contribution in [2.24, 2.45) is 0 Å². The number of anilines is 2. The average molecular weight is 466 g/mol. The Bertz CT molecular complexity index is 1100. The first-order valence-electron chi connectivity index (χ1n) is 8.36. The van der Waals surface area contributed by atoms with Gasteiger partial charge in [-0.2, -0.15) is 13.2 Å². The topological polar surface area (TPSA) is 38.2 Å². The second kappa shape index (κ2) is 8.22. The van der Waals surface area contributed by atoms with Crippen molar-refractivity contribution in [3.05, 3.63) is 70.8 Å². The minimum atomic E-state index is -4.99. The Kier molecular flexibility index (Phi) is 5.99. The molecule has 0 bridgehead atoms. The van der Waals surface area contributed by atoms with Crippen LogP contribution in [-0.4, -0.2) is 16.3 Å². The van der Waals surface area contributed by atoms with Crippen molar-refractivity contribution < 1.29 is 35.5 Å². The van der Waals surface area contributed by atoms with Crippen LogP contribution in [0.4, 0.5) is 42.2 Å². The van der Waals surface area contributed by atoms with Gasteiger partial charge in [-0.15, -0.1) is 13.2 Å². The van der Waals surface area contributed by atoms with E-state index in [2.05, 4.69) is 9.97 Å². The van der Waals surface area contributed by atoms with Gasteiger partial charge in [0.25, 0.3) is 0 Å². The van der Waals surface area contributed by atoms with E-state index in [4.69, 9.17) is 16.3 Å². The lowest BCUT2D eigenvalue weighted by Crippen LogP contribution is -2.34. The summed E-state index contributed by atoms with van der Waals surface area (Å²) in [6, 6.07) is 6.17. The normalized spacial score (nSPS) is 12.0. The van der Waals surface area contributed by atoms with E-state index in [1.54, 1.807) is 0 Å². The van der Waals surface area contributed by atoms with E-state index in [9.17, 15) is 30.7 Å². The van der Waals surface area contributed by atoms with E-state index in [1.807, 2.05) is 0 Å². The van der Waals surface area contributed by atoms with Gasteiger partial charge in [0.15, 0.2) is 0 Å². The number of halogens is 8. The third-order valence-electron chi connectivity index (χ3n) is 3.98. The number of alkyl halides is 6. The van der Waals surface area contributed by atoms with Crippen LogP contribution in [0.5, 0.6) is 11.6 Å². The number of benzene rings is 2. The van der Waals surface area contributed by atoms with Gasteiger partial charge >= 0.3 is 12.5 Å². The second-order valence-corrected chi connectivity index (χ2v) is 6.60. The van der Waals surface area contributed by atoms with Gasteiger partial charge in [0.1, 0.15) is 23.7 Å². The van der Waals surface area contributed by atoms with Crippen LogP contribution in [0, 0.1) is 12.7 Å². The van der Waals surface area contributed by atoms with E-state index < -0.39 is 41.3 Å². The summed E-state index contributed by atoms with van der Waals surface area (Å²) >= 11 is 5.86. The fraction of sp³-hybridized carbons (Fsp3) is 0.158. The molecule has 0 spiro atoms. The molecule has 0 aliphatic heterocycles. The Hall–Kier alpha value is -3.08. The number of hydrogen-bond donors (Lipinski definition) is 0. The Labute approximate surface area is 175 Å². The van der Waals surface area contributed by atoms with Crippen LogP contribution in [0.25, 0.3) is 0 Å². The highest BCUT2D eigenvalue weighted by molar-refractivity contribution is 6.31. The predicted octanol–water partition coefficient (Wildman–Crippen LogP) is 7.05. The summed E-state index contributed by atoms with van der Waals surface area (Å²) in [4.78, 5) is 7.13. The zero-order valence-electron chi connectivity index (χ0n) is 15.4. The minimum Gasteiger partial charge on any atom is -0.439 e. The molecule has 31 heavy (non-hydrogen) atoms. The Morgan fingerprint density at radius 3 is 2.26 bits per heavy atom. The molecule has 0 amide bonds. The molecule has 0 atom stereocenters. The smallest absolute Gasteiger partial charge is 0.439 e. The lowest BCUT2D eigenvalue weighted by Gasteiger charge is -2.26. The number of nitrogens with zero attached hydrogens (tertiary/aromatic N) is 3. The third kappa shape index (κ3) is 5.16. The van der Waals surface area contributed by atoms with E-state index in [1.165, 1.54) is 19.1 Å². The maximum Gasteiger partial charge on any atom is 0.490 e. The Morgan fingerprint density at radius 1 is 0.935 bits per heavy atom. The van der Waals surface area contributed by atoms with Crippen LogP contribution in [0.15, 0.2) is 48.8 Å². The van der Waals surface area contributed by atoms with Gasteiger partial charge in [-0.3, -0.25) is 0 Å². The number of aromatic nitrogens is 2. The lowest BCUT2D eigenvalue weighted by molar-refractivity contribution is -0.140. The van der Waals surface area contributed by atoms with Crippen LogP contribution >= 0.6 is 11.6 Å². The van der Waals surface area contributed by atoms with Crippen LogP contribution in [-0.2, 0) is 6.18 Å². The van der Waals surface area contributed by atoms with Gasteiger partial charge in [0, 0.05) is 11.1 Å². The highest BCUT2D eigenvalue weighted by atomic mass is 35.5. The molecule has 3 aromatic rings. The number of hydrogen-bond acceptors (Lipinski definition) is 4. The predicted molar refractivity (Wildman–Crippen MR) is 97.9 cm³/mol. The fourth-order valence-electron chi connectivity index (χ4n) is 2.59. The molecule has 1 heterocycles. The van der Waals surface area contributed by atoms with Crippen molar-refractivity contribution in [2.45, 2.75) is 19.4 Å². The average Bonchev–Trinajstić information content (AvgIpc) is 2.65. The maximum atomic E-state index is 13.7. The molecule has 0 fully saturated rings. The number of ether oxygens (including phenoxy) is 1. The molecule has 0 aliphatic carbocycles. The quantitative estimate of drug-likeness (QED) is 0.306. The first-order valence-corrected chi connectivity index (χ1v) is 8.74. The largest absolute Gasteiger partial charge is 0.490 e. The van der Waals surface area contributed by atoms with Crippen molar-refractivity contribution in [3.8, 4) is 11.6 Å². The summed E-state index contributed by atoms with van der Waals surface area (Å²) < 4.78 is 98.3. The molecule has 3 rings (SSSR count). The van der Waals surface area contributed by atoms with E-state index in [0.29, 0.717) is 17.7 Å². The zero-order chi connectivity index (χ0) is 23.0. The Balaban J connectivity index is 1.99. The summed E-state index contributed by atoms with van der Waals surface area (Å²) in [5, 5.41) is 0.259. The van der Waals surface area contributed by atoms with Crippen LogP contribution in [0.2, 0.25) is 5.02 Å². The molecule has 0 N–H and O–H groups in total. The maximum absolute atomic E-state index is 13.7. The van der Waals surface area contributed by atoms with Gasteiger partial charge < -0.3 is 4.74 Å². The molecule has 12 heteroatoms. The summed E-state index contributed by atoms with van der Waals surface area (Å²) in [7, 11) is 0. The van der Waals surface area contributed by atoms with Gasteiger partial charge in [-0.25, -0.2) is 19.3 Å². The summed E-state index contributed by atoms with van der Waals surface area (Å²) in [5.41, 5.74) is -1.52. The van der Waals surface area contributed by atoms with Gasteiger partial charge in [-0.05, 0) is 48.9 Å². The van der Waals surface area contributed by atoms with Crippen molar-refractivity contribution in [3.63, 3.8) is 0 Å². The molecule has 0 saturated heterocycles. The lowest BCUT2D eigenvalue weighted by atomic mass is 10.2. The minimum absolute atomic E-state index is 0.0727. The first kappa shape index (κ1) is 22.6. The fourth-order valence-corrected chi connectivity index (χ4v) is 2.71. The molecule has 1 aromatic heterocycles. The van der Waals surface area contributed by atoms with E-state index in [-0.39, 0.29) is 15.6 Å². The van der Waals surface area contributed by atoms with Gasteiger partial charge in [-0.1, -0.05) is 11.6 Å². The number of rotatable bonds is 4. The SMILES string of the molecule is Cc1cc(N(c2cc(Oc3ccc(F)c(C(F)(F)F)c3)ncn2)C(F)(F)F)ccc1Cl. The van der Waals surface area contributed by atoms with Crippen LogP contribution < -0.4 is 9.64 Å². The first-order chi connectivity index (χ1) is 14.4. The molecule has 164 valence electrons. The highest BCUT2D eigenvalue weighted by Crippen LogP contribution is 2.38. The number of aryl methyl sites for hydroxylation is 1. The van der Waals surface area contributed by atoms with Gasteiger partial charge in [0.05, 0.1) is 11.3 Å². The standard InChI is InChI=1S/C19H11ClF7N3O/c1-10-6-11(2-4-14(10)20)30(19(25,26)27)16-8-17(29-9-28-16)31-12-3-5-15(21)13(7-12)18(22,23)24/h2-9H,1H3. The molecule has 4 nitrogen and oxygen atoms in total. The second-order valence-electron chi connectivity index (χ2n) is 6.19. The molecule has 0 unspecified atom stereocenters. The van der Waals surface area contributed by atoms with Crippen molar-refractivity contribution in [1.29, 1.82) is 0 Å².